The molecule has 0 aromatic rings. The number of rotatable bonds is 47. The van der Waals surface area contributed by atoms with Gasteiger partial charge in [-0.2, -0.15) is 16.2 Å². The third-order valence-corrected chi connectivity index (χ3v) is 10.8. The summed E-state index contributed by atoms with van der Waals surface area (Å²) in [6.07, 6.45) is 17.0. The topological polar surface area (TPSA) is 317 Å². The Morgan fingerprint density at radius 2 is 1.00 bits per heavy atom. The summed E-state index contributed by atoms with van der Waals surface area (Å²) in [5.41, 5.74) is 4.24. The number of halogens is 1. The fourth-order valence-corrected chi connectivity index (χ4v) is 6.91. The molecule has 70 heavy (non-hydrogen) atoms. The molecule has 2 unspecified atom stereocenters. The maximum Gasteiger partial charge on any atom is 0.326 e. The summed E-state index contributed by atoms with van der Waals surface area (Å²) in [7, 11) is 5.20. The SMILES string of the molecule is C.CSCC(NS)C(=O)F.[B]C(=O)C(CCC(N)=O)NC(=O)COCCOCCNC(=O)COCCOCCNC(=O)CC[C@H](NC(=O)CCCCCCCCCCCCCCCCC(=O)O)C(=O)O. The van der Waals surface area contributed by atoms with Crippen molar-refractivity contribution in [3.63, 3.8) is 0 Å². The second-order valence-corrected chi connectivity index (χ2v) is 17.0. The lowest BCUT2D eigenvalue weighted by molar-refractivity contribution is -0.142. The van der Waals surface area contributed by atoms with Gasteiger partial charge < -0.3 is 61.0 Å². The van der Waals surface area contributed by atoms with Crippen molar-refractivity contribution >= 4 is 85.6 Å². The Morgan fingerprint density at radius 1 is 0.571 bits per heavy atom. The summed E-state index contributed by atoms with van der Waals surface area (Å²) in [4.78, 5) is 103. The van der Waals surface area contributed by atoms with Gasteiger partial charge in [0.1, 0.15) is 25.3 Å². The largest absolute Gasteiger partial charge is 0.481 e. The van der Waals surface area contributed by atoms with Crippen LogP contribution < -0.4 is 31.7 Å². The van der Waals surface area contributed by atoms with Crippen molar-refractivity contribution in [1.29, 1.82) is 0 Å². The van der Waals surface area contributed by atoms with Crippen LogP contribution in [-0.2, 0) is 62.1 Å². The second-order valence-electron chi connectivity index (χ2n) is 15.8. The molecule has 0 aliphatic rings. The Kier molecular flexibility index (Phi) is 50.4. The predicted molar refractivity (Wildman–Crippen MR) is 268 cm³/mol. The third-order valence-electron chi connectivity index (χ3n) is 9.81. The van der Waals surface area contributed by atoms with Gasteiger partial charge in [-0.25, -0.2) is 4.79 Å². The Labute approximate surface area is 424 Å². The van der Waals surface area contributed by atoms with Gasteiger partial charge in [-0.1, -0.05) is 97.3 Å². The smallest absolute Gasteiger partial charge is 0.326 e. The molecule has 0 aromatic carbocycles. The van der Waals surface area contributed by atoms with Crippen LogP contribution in [0.4, 0.5) is 4.39 Å². The minimum atomic E-state index is -1.36. The van der Waals surface area contributed by atoms with Crippen LogP contribution in [0.2, 0.25) is 0 Å². The average molecular weight is 1040 g/mol. The first kappa shape index (κ1) is 70.4. The lowest BCUT2D eigenvalue weighted by Crippen LogP contribution is -2.43. The Hall–Kier alpha value is -3.88. The van der Waals surface area contributed by atoms with Gasteiger partial charge in [-0.05, 0) is 31.9 Å². The van der Waals surface area contributed by atoms with Crippen molar-refractivity contribution in [2.45, 2.75) is 154 Å². The summed E-state index contributed by atoms with van der Waals surface area (Å²) in [5, 5.41) is 28.3. The molecule has 404 valence electrons. The fourth-order valence-electron chi connectivity index (χ4n) is 6.04. The number of thioether (sulfide) groups is 1. The summed E-state index contributed by atoms with van der Waals surface area (Å²) < 4.78 is 35.1. The number of nitrogens with two attached hydrogens (primary N) is 1. The molecular formula is C45H82BFN6O15S2. The standard InChI is InChI=1S/C40H70BN5O14.C4H8FNOS2.CH4/c41-39(54)31(17-19-33(42)47)45-37(51)30-60-28-26-58-24-22-44-36(50)29-59-27-25-57-23-21-43-34(48)20-18-32(40(55)56)46-35(49)15-13-11-9-7-5-3-1-2-4-6-8-10-12-14-16-38(52)53;1-9-2-3(6-8)4(5)7;/h31-32H,1-30H2,(H2,42,47)(H,43,48)(H,44,50)(H,45,51)(H,46,49)(H,52,53)(H,55,56);3,6,8H,2H2,1H3;1H4/t31?,32-;;/m0../s1. The number of primary amides is 1. The molecular weight excluding hydrogens is 958 g/mol. The number of carbonyl (C=O) groups is 9. The molecule has 0 fully saturated rings. The van der Waals surface area contributed by atoms with Crippen molar-refractivity contribution in [3.05, 3.63) is 0 Å². The highest BCUT2D eigenvalue weighted by molar-refractivity contribution is 7.98. The van der Waals surface area contributed by atoms with E-state index in [1.165, 1.54) is 50.3 Å². The van der Waals surface area contributed by atoms with E-state index in [0.717, 1.165) is 44.9 Å². The molecule has 5 amide bonds. The molecule has 0 saturated carbocycles. The summed E-state index contributed by atoms with van der Waals surface area (Å²) in [5.74, 6) is -3.79. The van der Waals surface area contributed by atoms with Crippen molar-refractivity contribution < 1.29 is 76.7 Å². The molecule has 3 atom stereocenters. The van der Waals surface area contributed by atoms with E-state index in [9.17, 15) is 52.6 Å². The number of aliphatic carboxylic acids is 2. The first-order valence-electron chi connectivity index (χ1n) is 23.6. The first-order chi connectivity index (χ1) is 33.0. The van der Waals surface area contributed by atoms with E-state index >= 15 is 0 Å². The molecule has 21 nitrogen and oxygen atoms in total. The van der Waals surface area contributed by atoms with E-state index in [1.54, 1.807) is 6.26 Å². The van der Waals surface area contributed by atoms with Crippen LogP contribution >= 0.6 is 24.6 Å². The third kappa shape index (κ3) is 49.1. The molecule has 0 heterocycles. The fraction of sp³-hybridized carbons (Fsp3) is 0.800. The van der Waals surface area contributed by atoms with Crippen LogP contribution in [-0.4, -0.2) is 167 Å². The molecule has 0 aliphatic carbocycles. The highest BCUT2D eigenvalue weighted by Crippen LogP contribution is 2.14. The summed E-state index contributed by atoms with van der Waals surface area (Å²) in [6, 6.07) is -4.31. The van der Waals surface area contributed by atoms with Gasteiger partial charge in [-0.15, -0.1) is 0 Å². The number of hydrogen-bond acceptors (Lipinski definition) is 16. The van der Waals surface area contributed by atoms with E-state index in [2.05, 4.69) is 38.8 Å². The number of nitrogens with one attached hydrogen (secondary N) is 5. The number of carbonyl (C=O) groups excluding carboxylic acids is 7. The number of carboxylic acid groups (broad SMARTS) is 2. The maximum atomic E-state index is 12.3. The number of ether oxygens (including phenoxy) is 4. The normalized spacial score (nSPS) is 11.9. The summed E-state index contributed by atoms with van der Waals surface area (Å²) >= 11 is 4.96. The molecule has 0 bridgehead atoms. The van der Waals surface area contributed by atoms with Crippen LogP contribution in [0, 0.1) is 0 Å². The zero-order chi connectivity index (χ0) is 51.9. The van der Waals surface area contributed by atoms with Gasteiger partial charge in [0.25, 0.3) is 0 Å². The Morgan fingerprint density at radius 3 is 1.41 bits per heavy atom. The van der Waals surface area contributed by atoms with Gasteiger partial charge in [-0.3, -0.25) is 38.3 Å². The van der Waals surface area contributed by atoms with Crippen molar-refractivity contribution in [2.24, 2.45) is 5.73 Å². The van der Waals surface area contributed by atoms with Crippen molar-refractivity contribution in [3.8, 4) is 0 Å². The molecule has 0 aliphatic heterocycles. The minimum Gasteiger partial charge on any atom is -0.481 e. The lowest BCUT2D eigenvalue weighted by Gasteiger charge is -2.15. The maximum absolute atomic E-state index is 12.3. The van der Waals surface area contributed by atoms with E-state index < -0.39 is 53.6 Å². The first-order valence-corrected chi connectivity index (χ1v) is 25.4. The van der Waals surface area contributed by atoms with E-state index in [-0.39, 0.29) is 130 Å². The zero-order valence-electron chi connectivity index (χ0n) is 40.2. The van der Waals surface area contributed by atoms with Gasteiger partial charge in [0.05, 0.1) is 51.4 Å². The lowest BCUT2D eigenvalue weighted by atomic mass is 9.92. The number of carboxylic acids is 2. The number of thiol groups is 1. The van der Waals surface area contributed by atoms with E-state index in [0.29, 0.717) is 12.2 Å². The van der Waals surface area contributed by atoms with Gasteiger partial charge >= 0.3 is 18.0 Å². The molecule has 2 radical (unpaired) electrons. The van der Waals surface area contributed by atoms with Crippen LogP contribution in [0.5, 0.6) is 0 Å². The molecule has 0 spiro atoms. The van der Waals surface area contributed by atoms with Crippen LogP contribution in [0.15, 0.2) is 0 Å². The average Bonchev–Trinajstić information content (AvgIpc) is 3.29. The van der Waals surface area contributed by atoms with Crippen LogP contribution in [0.25, 0.3) is 0 Å². The van der Waals surface area contributed by atoms with Crippen molar-refractivity contribution in [2.75, 3.05) is 78.0 Å². The highest BCUT2D eigenvalue weighted by Gasteiger charge is 2.21. The monoisotopic (exact) mass is 1040 g/mol. The van der Waals surface area contributed by atoms with Crippen LogP contribution in [0.1, 0.15) is 136 Å². The van der Waals surface area contributed by atoms with Gasteiger partial charge in [0.15, 0.2) is 7.85 Å². The zero-order valence-corrected chi connectivity index (χ0v) is 42.0. The molecule has 0 aromatic heterocycles. The summed E-state index contributed by atoms with van der Waals surface area (Å²) in [6.45, 7) is 0.754. The van der Waals surface area contributed by atoms with Gasteiger partial charge in [0, 0.05) is 44.5 Å². The van der Waals surface area contributed by atoms with E-state index in [4.69, 9.17) is 37.6 Å². The number of hydrogen-bond donors (Lipinski definition) is 9. The molecule has 0 rings (SSSR count). The minimum absolute atomic E-state index is 0. The highest BCUT2D eigenvalue weighted by atomic mass is 32.2. The van der Waals surface area contributed by atoms with E-state index in [1.807, 2.05) is 0 Å². The number of unbranched alkanes of at least 4 members (excludes halogenated alkanes) is 13. The Balaban J connectivity index is -0.00000404. The van der Waals surface area contributed by atoms with Gasteiger partial charge in [0.2, 0.25) is 29.5 Å². The molecule has 9 N–H and O–H groups in total. The van der Waals surface area contributed by atoms with Crippen LogP contribution in [0.3, 0.4) is 0 Å². The quantitative estimate of drug-likeness (QED) is 0.0183. The number of amides is 5. The Bertz CT molecular complexity index is 1460. The molecule has 0 saturated heterocycles. The second kappa shape index (κ2) is 50.1. The van der Waals surface area contributed by atoms with Crippen molar-refractivity contribution in [1.82, 2.24) is 26.0 Å². The predicted octanol–water partition coefficient (Wildman–Crippen LogP) is 2.69. The molecule has 25 heteroatoms.